The van der Waals surface area contributed by atoms with Gasteiger partial charge in [0.15, 0.2) is 0 Å². The van der Waals surface area contributed by atoms with Gasteiger partial charge in [0.05, 0.1) is 22.8 Å². The van der Waals surface area contributed by atoms with Crippen LogP contribution in [-0.2, 0) is 17.1 Å². The monoisotopic (exact) mass is 685 g/mol. The van der Waals surface area contributed by atoms with Gasteiger partial charge in [0.1, 0.15) is 5.75 Å². The summed E-state index contributed by atoms with van der Waals surface area (Å²) in [6.07, 6.45) is 8.40. The molecule has 0 atom stereocenters. The minimum Gasteiger partial charge on any atom is -0.508 e. The molecule has 4 aromatic carbocycles. The Morgan fingerprint density at radius 3 is 0.920 bits per heavy atom. The van der Waals surface area contributed by atoms with E-state index in [1.807, 2.05) is 30.3 Å². The Kier molecular flexibility index (Phi) is 8.09. The molecular weight excluding hydrogens is 655 g/mol. The molecule has 9 rings (SSSR count). The largest absolute Gasteiger partial charge is 0.508 e. The van der Waals surface area contributed by atoms with Crippen molar-refractivity contribution >= 4 is 46.4 Å². The van der Waals surface area contributed by atoms with Crippen LogP contribution < -0.4 is 0 Å². The van der Waals surface area contributed by atoms with Crippen molar-refractivity contribution in [2.45, 2.75) is 0 Å². The molecule has 0 aliphatic carbocycles. The topological polar surface area (TPSA) is 77.6 Å². The fourth-order valence-electron chi connectivity index (χ4n) is 6.86. The van der Waals surface area contributed by atoms with Crippen LogP contribution >= 0.6 is 0 Å². The Labute approximate surface area is 299 Å². The summed E-state index contributed by atoms with van der Waals surface area (Å²) in [5, 5.41) is 10.2. The summed E-state index contributed by atoms with van der Waals surface area (Å²) < 4.78 is 0. The van der Waals surface area contributed by atoms with Gasteiger partial charge in [-0.05, 0) is 83.0 Å². The summed E-state index contributed by atoms with van der Waals surface area (Å²) in [6, 6.07) is 47.0. The number of fused-ring (bicyclic) bond motifs is 8. The van der Waals surface area contributed by atoms with Crippen molar-refractivity contribution in [1.29, 1.82) is 0 Å². The molecule has 3 aromatic heterocycles. The van der Waals surface area contributed by atoms with Crippen LogP contribution in [0, 0.1) is 0 Å². The fourth-order valence-corrected chi connectivity index (χ4v) is 6.86. The predicted octanol–water partition coefficient (Wildman–Crippen LogP) is 11.0. The van der Waals surface area contributed by atoms with Gasteiger partial charge in [-0.1, -0.05) is 103 Å². The molecule has 239 valence electrons. The molecule has 5 heterocycles. The Morgan fingerprint density at radius 1 is 0.340 bits per heavy atom. The predicted molar refractivity (Wildman–Crippen MR) is 202 cm³/mol. The number of rotatable bonds is 4. The number of aromatic amines is 2. The number of hydrogen-bond acceptors (Lipinski definition) is 3. The molecule has 0 spiro atoms. The van der Waals surface area contributed by atoms with E-state index in [9.17, 15) is 5.11 Å². The summed E-state index contributed by atoms with van der Waals surface area (Å²) in [7, 11) is 0. The maximum absolute atomic E-state index is 10.2. The first kappa shape index (κ1) is 31.1. The minimum absolute atomic E-state index is 0. The zero-order valence-corrected chi connectivity index (χ0v) is 28.0. The fraction of sp³-hybridized carbons (Fsp3) is 0. The van der Waals surface area contributed by atoms with E-state index in [0.29, 0.717) is 0 Å². The van der Waals surface area contributed by atoms with Gasteiger partial charge >= 0.3 is 0 Å². The van der Waals surface area contributed by atoms with Gasteiger partial charge in [-0.15, -0.1) is 0 Å². The number of nitrogens with zero attached hydrogens (tertiary/aromatic N) is 2. The third-order valence-electron chi connectivity index (χ3n) is 9.10. The average Bonchev–Trinajstić information content (AvgIpc) is 3.98. The van der Waals surface area contributed by atoms with Crippen molar-refractivity contribution in [3.63, 3.8) is 0 Å². The van der Waals surface area contributed by atoms with Gasteiger partial charge in [0, 0.05) is 61.4 Å². The maximum Gasteiger partial charge on any atom is 0.115 e. The normalized spacial score (nSPS) is 11.8. The van der Waals surface area contributed by atoms with E-state index in [2.05, 4.69) is 131 Å². The Bertz CT molecular complexity index is 2550. The van der Waals surface area contributed by atoms with E-state index < -0.39 is 0 Å². The van der Waals surface area contributed by atoms with Crippen molar-refractivity contribution in [3.05, 3.63) is 162 Å². The summed E-state index contributed by atoms with van der Waals surface area (Å²) in [6.45, 7) is 0. The van der Waals surface area contributed by atoms with Crippen LogP contribution in [0.15, 0.2) is 140 Å². The van der Waals surface area contributed by atoms with Gasteiger partial charge in [0.25, 0.3) is 0 Å². The Balaban J connectivity index is 0.00000361. The summed E-state index contributed by atoms with van der Waals surface area (Å²) in [4.78, 5) is 18.2. The van der Waals surface area contributed by atoms with Crippen molar-refractivity contribution in [1.82, 2.24) is 19.9 Å². The van der Waals surface area contributed by atoms with Crippen molar-refractivity contribution < 1.29 is 22.2 Å². The number of hydrogen-bond donors (Lipinski definition) is 3. The van der Waals surface area contributed by atoms with Crippen LogP contribution in [0.4, 0.5) is 0 Å². The van der Waals surface area contributed by atoms with Gasteiger partial charge in [-0.2, -0.15) is 0 Å². The third kappa shape index (κ3) is 5.57. The van der Waals surface area contributed by atoms with Crippen LogP contribution in [0.1, 0.15) is 22.8 Å². The molecule has 8 bridgehead atoms. The number of nitrogens with one attached hydrogen (secondary N) is 2. The molecule has 0 saturated heterocycles. The first-order valence-corrected chi connectivity index (χ1v) is 16.3. The molecular formula is C44H30MnN4O. The molecule has 3 N–H and O–H groups in total. The van der Waals surface area contributed by atoms with E-state index in [0.717, 1.165) is 89.4 Å². The zero-order valence-electron chi connectivity index (χ0n) is 26.8. The smallest absolute Gasteiger partial charge is 0.115 e. The molecule has 50 heavy (non-hydrogen) atoms. The summed E-state index contributed by atoms with van der Waals surface area (Å²) in [5.41, 5.74) is 15.3. The molecule has 1 radical (unpaired) electrons. The SMILES string of the molecule is Oc1ccc(-c2c3nc(c(-c4ccccc4)c4ccc([nH]4)c(-c4ccccc4)c4nc(c(-c5ccccc5)c5ccc2[nH]5)C=C4)C=C3)cc1.[Mn]. The van der Waals surface area contributed by atoms with E-state index in [-0.39, 0.29) is 22.8 Å². The van der Waals surface area contributed by atoms with Gasteiger partial charge in [0.2, 0.25) is 0 Å². The second-order valence-electron chi connectivity index (χ2n) is 12.1. The van der Waals surface area contributed by atoms with E-state index in [1.54, 1.807) is 12.1 Å². The molecule has 0 fully saturated rings. The molecule has 2 aliphatic rings. The van der Waals surface area contributed by atoms with Crippen LogP contribution in [0.5, 0.6) is 5.75 Å². The second-order valence-corrected chi connectivity index (χ2v) is 12.1. The third-order valence-corrected chi connectivity index (χ3v) is 9.10. The quantitative estimate of drug-likeness (QED) is 0.161. The first-order valence-electron chi connectivity index (χ1n) is 16.3. The van der Waals surface area contributed by atoms with E-state index in [4.69, 9.17) is 9.97 Å². The Hall–Kier alpha value is -6.20. The number of phenolic OH excluding ortho intramolecular Hbond substituents is 1. The number of phenols is 1. The van der Waals surface area contributed by atoms with Crippen molar-refractivity contribution in [3.8, 4) is 50.3 Å². The molecule has 2 aliphatic heterocycles. The Morgan fingerprint density at radius 2 is 0.620 bits per heavy atom. The van der Waals surface area contributed by atoms with Gasteiger partial charge in [-0.3, -0.25) is 0 Å². The number of benzene rings is 4. The molecule has 0 amide bonds. The van der Waals surface area contributed by atoms with Crippen LogP contribution in [0.25, 0.3) is 90.9 Å². The average molecular weight is 686 g/mol. The van der Waals surface area contributed by atoms with Gasteiger partial charge in [-0.25, -0.2) is 9.97 Å². The van der Waals surface area contributed by atoms with E-state index >= 15 is 0 Å². The van der Waals surface area contributed by atoms with Gasteiger partial charge < -0.3 is 15.1 Å². The first-order chi connectivity index (χ1) is 24.2. The van der Waals surface area contributed by atoms with Crippen molar-refractivity contribution in [2.24, 2.45) is 0 Å². The zero-order chi connectivity index (χ0) is 32.7. The number of aromatic hydroxyl groups is 1. The standard InChI is InChI=1S/C44H30N4O.Mn/c49-32-18-16-31(17-19-32)44-39-26-24-37(47-39)42(29-12-6-2-7-13-29)35-22-20-33(45-35)41(28-10-4-1-5-11-28)34-21-23-36(46-34)43(30-14-8-3-9-15-30)38-25-27-40(44)48-38;/h1-27,45,48-49H;. The van der Waals surface area contributed by atoms with Crippen LogP contribution in [0.2, 0.25) is 0 Å². The maximum atomic E-state index is 10.2. The van der Waals surface area contributed by atoms with Crippen LogP contribution in [-0.4, -0.2) is 25.0 Å². The minimum atomic E-state index is 0. The number of H-pyrrole nitrogens is 2. The summed E-state index contributed by atoms with van der Waals surface area (Å²) in [5.74, 6) is 0.215. The summed E-state index contributed by atoms with van der Waals surface area (Å²) >= 11 is 0. The molecule has 7 aromatic rings. The molecule has 0 saturated carbocycles. The second kappa shape index (κ2) is 13.0. The molecule has 5 nitrogen and oxygen atoms in total. The van der Waals surface area contributed by atoms with E-state index in [1.165, 1.54) is 0 Å². The van der Waals surface area contributed by atoms with Crippen molar-refractivity contribution in [2.75, 3.05) is 0 Å². The molecule has 0 unspecified atom stereocenters. The number of aromatic nitrogens is 4. The molecule has 6 heteroatoms. The van der Waals surface area contributed by atoms with Crippen LogP contribution in [0.3, 0.4) is 0 Å².